The summed E-state index contributed by atoms with van der Waals surface area (Å²) in [5.41, 5.74) is 3.16. The predicted molar refractivity (Wildman–Crippen MR) is 142 cm³/mol. The average Bonchev–Trinajstić information content (AvgIpc) is 3.24. The Hall–Kier alpha value is -4.27. The molecule has 5 aromatic carbocycles. The van der Waals surface area contributed by atoms with Gasteiger partial charge in [-0.3, -0.25) is 0 Å². The number of hydrogen-bond donors (Lipinski definition) is 0. The zero-order valence-corrected chi connectivity index (χ0v) is 19.7. The topological polar surface area (TPSA) is 40.5 Å². The Labute approximate surface area is 203 Å². The van der Waals surface area contributed by atoms with Crippen LogP contribution in [0, 0.1) is 0 Å². The van der Waals surface area contributed by atoms with Gasteiger partial charge < -0.3 is 13.6 Å². The molecule has 0 unspecified atom stereocenters. The molecule has 0 radical (unpaired) electrons. The summed E-state index contributed by atoms with van der Waals surface area (Å²) in [4.78, 5) is 0. The molecule has 4 nitrogen and oxygen atoms in total. The zero-order chi connectivity index (χ0) is 23.7. The monoisotopic (exact) mass is 475 g/mol. The maximum Gasteiger partial charge on any atom is 0.462 e. The molecule has 6 rings (SSSR count). The molecule has 1 aromatic heterocycles. The van der Waals surface area contributed by atoms with Crippen LogP contribution in [-0.2, 0) is 4.57 Å². The van der Waals surface area contributed by atoms with Crippen LogP contribution in [-0.4, -0.2) is 4.57 Å². The van der Waals surface area contributed by atoms with Gasteiger partial charge >= 0.3 is 7.60 Å². The molecule has 0 spiro atoms. The first-order chi connectivity index (χ1) is 17.2. The molecular formula is C30H22NO3P. The summed E-state index contributed by atoms with van der Waals surface area (Å²) in [7, 11) is -3.77. The number of fused-ring (bicyclic) bond motifs is 3. The summed E-state index contributed by atoms with van der Waals surface area (Å²) in [6.45, 7) is 0. The minimum Gasteiger partial charge on any atom is -0.413 e. The minimum atomic E-state index is -3.77. The molecule has 0 atom stereocenters. The van der Waals surface area contributed by atoms with E-state index in [1.165, 1.54) is 0 Å². The van der Waals surface area contributed by atoms with Gasteiger partial charge in [-0.1, -0.05) is 72.8 Å². The smallest absolute Gasteiger partial charge is 0.413 e. The molecular weight excluding hydrogens is 453 g/mol. The quantitative estimate of drug-likeness (QED) is 0.231. The van der Waals surface area contributed by atoms with Crippen LogP contribution >= 0.6 is 7.60 Å². The first-order valence-corrected chi connectivity index (χ1v) is 12.9. The van der Waals surface area contributed by atoms with Crippen molar-refractivity contribution >= 4 is 34.7 Å². The molecule has 0 fully saturated rings. The van der Waals surface area contributed by atoms with Crippen LogP contribution in [0.15, 0.2) is 133 Å². The van der Waals surface area contributed by atoms with E-state index in [9.17, 15) is 4.57 Å². The summed E-state index contributed by atoms with van der Waals surface area (Å²) < 4.78 is 28.7. The van der Waals surface area contributed by atoms with Crippen LogP contribution in [0.25, 0.3) is 27.5 Å². The van der Waals surface area contributed by atoms with E-state index < -0.39 is 7.60 Å². The Bertz CT molecular complexity index is 1620. The van der Waals surface area contributed by atoms with E-state index in [-0.39, 0.29) is 0 Å². The van der Waals surface area contributed by atoms with E-state index >= 15 is 0 Å². The second kappa shape index (κ2) is 8.83. The second-order valence-corrected chi connectivity index (χ2v) is 10.1. The third-order valence-electron chi connectivity index (χ3n) is 5.92. The van der Waals surface area contributed by atoms with Crippen molar-refractivity contribution in [2.45, 2.75) is 0 Å². The van der Waals surface area contributed by atoms with Crippen molar-refractivity contribution in [2.24, 2.45) is 0 Å². The molecule has 0 aliphatic carbocycles. The SMILES string of the molecule is O=P(Oc1ccccc1)(Oc1ccccc1)c1ccc2c(c1)c1ccccc1n2-c1ccccc1. The molecule has 0 N–H and O–H groups in total. The van der Waals surface area contributed by atoms with E-state index in [4.69, 9.17) is 9.05 Å². The highest BCUT2D eigenvalue weighted by atomic mass is 31.2. The number of para-hydroxylation sites is 4. The van der Waals surface area contributed by atoms with Crippen molar-refractivity contribution in [2.75, 3.05) is 0 Å². The Morgan fingerprint density at radius 2 is 1.03 bits per heavy atom. The first-order valence-electron chi connectivity index (χ1n) is 11.4. The maximum atomic E-state index is 14.4. The molecule has 1 heterocycles. The van der Waals surface area contributed by atoms with Crippen LogP contribution in [0.2, 0.25) is 0 Å². The van der Waals surface area contributed by atoms with Crippen molar-refractivity contribution in [1.29, 1.82) is 0 Å². The molecule has 35 heavy (non-hydrogen) atoms. The highest BCUT2D eigenvalue weighted by Crippen LogP contribution is 2.48. The molecule has 6 aromatic rings. The van der Waals surface area contributed by atoms with Gasteiger partial charge in [-0.2, -0.15) is 0 Å². The van der Waals surface area contributed by atoms with Gasteiger partial charge in [-0.15, -0.1) is 0 Å². The molecule has 0 aliphatic heterocycles. The Morgan fingerprint density at radius 3 is 1.66 bits per heavy atom. The highest BCUT2D eigenvalue weighted by Gasteiger charge is 2.32. The molecule has 0 bridgehead atoms. The van der Waals surface area contributed by atoms with Crippen LogP contribution in [0.5, 0.6) is 11.5 Å². The number of benzene rings is 5. The van der Waals surface area contributed by atoms with Gasteiger partial charge in [0.25, 0.3) is 0 Å². The lowest BCUT2D eigenvalue weighted by Crippen LogP contribution is -2.14. The normalized spacial score (nSPS) is 11.5. The van der Waals surface area contributed by atoms with Gasteiger partial charge in [0.15, 0.2) is 0 Å². The Kier molecular flexibility index (Phi) is 5.36. The van der Waals surface area contributed by atoms with Crippen molar-refractivity contribution < 1.29 is 13.6 Å². The third kappa shape index (κ3) is 3.99. The standard InChI is InChI=1S/C30H22NO3P/c32-35(33-24-14-6-2-7-15-24,34-25-16-8-3-9-17-25)26-20-21-30-28(22-26)27-18-10-11-19-29(27)31(30)23-12-4-1-5-13-23/h1-22H. The van der Waals surface area contributed by atoms with Gasteiger partial charge in [-0.25, -0.2) is 4.57 Å². The molecule has 0 aliphatic rings. The fraction of sp³-hybridized carbons (Fsp3) is 0. The summed E-state index contributed by atoms with van der Waals surface area (Å²) in [5.74, 6) is 0.970. The number of hydrogen-bond acceptors (Lipinski definition) is 3. The van der Waals surface area contributed by atoms with Gasteiger partial charge in [0.05, 0.1) is 16.3 Å². The predicted octanol–water partition coefficient (Wildman–Crippen LogP) is 7.76. The van der Waals surface area contributed by atoms with E-state index in [0.717, 1.165) is 27.5 Å². The highest BCUT2D eigenvalue weighted by molar-refractivity contribution is 7.63. The van der Waals surface area contributed by atoms with Crippen molar-refractivity contribution in [3.63, 3.8) is 0 Å². The van der Waals surface area contributed by atoms with E-state index in [1.807, 2.05) is 84.9 Å². The van der Waals surface area contributed by atoms with Crippen LogP contribution in [0.1, 0.15) is 0 Å². The molecule has 0 amide bonds. The molecule has 5 heteroatoms. The summed E-state index contributed by atoms with van der Waals surface area (Å²) in [5, 5.41) is 2.54. The molecule has 170 valence electrons. The van der Waals surface area contributed by atoms with Crippen molar-refractivity contribution in [3.8, 4) is 17.2 Å². The van der Waals surface area contributed by atoms with Gasteiger partial charge in [0, 0.05) is 16.5 Å². The average molecular weight is 475 g/mol. The van der Waals surface area contributed by atoms with Crippen LogP contribution in [0.3, 0.4) is 0 Å². The Morgan fingerprint density at radius 1 is 0.514 bits per heavy atom. The number of rotatable bonds is 6. The molecule has 0 saturated heterocycles. The lowest BCUT2D eigenvalue weighted by atomic mass is 10.1. The van der Waals surface area contributed by atoms with Crippen molar-refractivity contribution in [1.82, 2.24) is 4.57 Å². The number of aromatic nitrogens is 1. The third-order valence-corrected chi connectivity index (χ3v) is 7.74. The zero-order valence-electron chi connectivity index (χ0n) is 18.8. The lowest BCUT2D eigenvalue weighted by Gasteiger charge is -2.20. The minimum absolute atomic E-state index is 0.485. The van der Waals surface area contributed by atoms with E-state index in [1.54, 1.807) is 24.3 Å². The first kappa shape index (κ1) is 21.3. The Balaban J connectivity index is 1.55. The second-order valence-electron chi connectivity index (χ2n) is 8.20. The fourth-order valence-corrected chi connectivity index (χ4v) is 5.94. The summed E-state index contributed by atoms with van der Waals surface area (Å²) in [6.07, 6.45) is 0. The lowest BCUT2D eigenvalue weighted by molar-refractivity contribution is 0.399. The summed E-state index contributed by atoms with van der Waals surface area (Å²) in [6, 6.07) is 42.5. The van der Waals surface area contributed by atoms with Crippen LogP contribution in [0.4, 0.5) is 0 Å². The van der Waals surface area contributed by atoms with Crippen molar-refractivity contribution in [3.05, 3.63) is 133 Å². The largest absolute Gasteiger partial charge is 0.462 e. The van der Waals surface area contributed by atoms with Gasteiger partial charge in [0.2, 0.25) is 0 Å². The number of nitrogens with zero attached hydrogens (tertiary/aromatic N) is 1. The van der Waals surface area contributed by atoms with Gasteiger partial charge in [0.1, 0.15) is 11.5 Å². The van der Waals surface area contributed by atoms with E-state index in [0.29, 0.717) is 16.8 Å². The van der Waals surface area contributed by atoms with Crippen LogP contribution < -0.4 is 14.4 Å². The maximum absolute atomic E-state index is 14.4. The summed E-state index contributed by atoms with van der Waals surface area (Å²) >= 11 is 0. The van der Waals surface area contributed by atoms with E-state index in [2.05, 4.69) is 28.8 Å². The van der Waals surface area contributed by atoms with Gasteiger partial charge in [-0.05, 0) is 60.7 Å². The molecule has 0 saturated carbocycles. The fourth-order valence-electron chi connectivity index (χ4n) is 4.35.